The standard InChI is InChI=1S/C12H13ClFN3/c1-7(14)11-8(4-3-5-10(11)13)9-6-16-17(2)12(9)15/h3-7H,15H2,1-2H3. The molecule has 0 aliphatic carbocycles. The van der Waals surface area contributed by atoms with Gasteiger partial charge in [0, 0.05) is 23.2 Å². The number of nitrogen functional groups attached to an aromatic ring is 1. The van der Waals surface area contributed by atoms with Crippen LogP contribution >= 0.6 is 11.6 Å². The summed E-state index contributed by atoms with van der Waals surface area (Å²) < 4.78 is 15.2. The molecule has 0 saturated carbocycles. The maximum Gasteiger partial charge on any atom is 0.129 e. The molecule has 0 amide bonds. The molecular weight excluding hydrogens is 241 g/mol. The second kappa shape index (κ2) is 4.37. The Hall–Kier alpha value is -1.55. The third-order valence-corrected chi connectivity index (χ3v) is 3.06. The number of benzene rings is 1. The summed E-state index contributed by atoms with van der Waals surface area (Å²) in [6.07, 6.45) is 0.464. The van der Waals surface area contributed by atoms with Crippen molar-refractivity contribution in [3.05, 3.63) is 35.0 Å². The van der Waals surface area contributed by atoms with Gasteiger partial charge in [-0.3, -0.25) is 4.68 Å². The first kappa shape index (κ1) is 11.9. The van der Waals surface area contributed by atoms with Crippen molar-refractivity contribution < 1.29 is 4.39 Å². The Balaban J connectivity index is 2.67. The van der Waals surface area contributed by atoms with E-state index in [1.807, 2.05) is 0 Å². The summed E-state index contributed by atoms with van der Waals surface area (Å²) in [6.45, 7) is 1.46. The monoisotopic (exact) mass is 253 g/mol. The van der Waals surface area contributed by atoms with Gasteiger partial charge in [-0.2, -0.15) is 5.10 Å². The van der Waals surface area contributed by atoms with Crippen LogP contribution in [0.2, 0.25) is 5.02 Å². The second-order valence-electron chi connectivity index (χ2n) is 3.88. The summed E-state index contributed by atoms with van der Waals surface area (Å²) >= 11 is 6.03. The Kier molecular flexibility index (Phi) is 3.07. The van der Waals surface area contributed by atoms with E-state index >= 15 is 0 Å². The van der Waals surface area contributed by atoms with Crippen molar-refractivity contribution in [1.82, 2.24) is 9.78 Å². The van der Waals surface area contributed by atoms with Crippen molar-refractivity contribution in [1.29, 1.82) is 0 Å². The highest BCUT2D eigenvalue weighted by Crippen LogP contribution is 2.37. The van der Waals surface area contributed by atoms with Crippen LogP contribution in [-0.4, -0.2) is 9.78 Å². The predicted octanol–water partition coefficient (Wildman–Crippen LogP) is 3.35. The summed E-state index contributed by atoms with van der Waals surface area (Å²) in [5.41, 5.74) is 7.74. The highest BCUT2D eigenvalue weighted by atomic mass is 35.5. The number of hydrogen-bond donors (Lipinski definition) is 1. The topological polar surface area (TPSA) is 43.8 Å². The number of halogens is 2. The normalized spacial score (nSPS) is 12.7. The van der Waals surface area contributed by atoms with E-state index in [1.54, 1.807) is 36.1 Å². The number of hydrogen-bond acceptors (Lipinski definition) is 2. The number of anilines is 1. The number of aryl methyl sites for hydroxylation is 1. The molecule has 1 unspecified atom stereocenters. The van der Waals surface area contributed by atoms with E-state index in [0.717, 1.165) is 0 Å². The molecule has 0 radical (unpaired) electrons. The Morgan fingerprint density at radius 2 is 2.12 bits per heavy atom. The van der Waals surface area contributed by atoms with Gasteiger partial charge in [0.15, 0.2) is 0 Å². The minimum Gasteiger partial charge on any atom is -0.383 e. The average Bonchev–Trinajstić information content (AvgIpc) is 2.59. The van der Waals surface area contributed by atoms with E-state index in [-0.39, 0.29) is 0 Å². The average molecular weight is 254 g/mol. The van der Waals surface area contributed by atoms with Crippen LogP contribution in [0.3, 0.4) is 0 Å². The van der Waals surface area contributed by atoms with E-state index in [2.05, 4.69) is 5.10 Å². The zero-order valence-corrected chi connectivity index (χ0v) is 10.4. The van der Waals surface area contributed by atoms with Gasteiger partial charge in [-0.1, -0.05) is 23.7 Å². The summed E-state index contributed by atoms with van der Waals surface area (Å²) in [7, 11) is 1.74. The minimum atomic E-state index is -1.15. The molecule has 1 aromatic heterocycles. The molecule has 1 heterocycles. The summed E-state index contributed by atoms with van der Waals surface area (Å²) in [5.74, 6) is 0.495. The summed E-state index contributed by atoms with van der Waals surface area (Å²) in [5, 5.41) is 4.45. The molecule has 5 heteroatoms. The molecule has 1 atom stereocenters. The van der Waals surface area contributed by atoms with Crippen molar-refractivity contribution in [3.8, 4) is 11.1 Å². The second-order valence-corrected chi connectivity index (χ2v) is 4.29. The number of nitrogens with two attached hydrogens (primary N) is 1. The van der Waals surface area contributed by atoms with E-state index in [0.29, 0.717) is 27.5 Å². The minimum absolute atomic E-state index is 0.403. The molecule has 2 N–H and O–H groups in total. The van der Waals surface area contributed by atoms with Gasteiger partial charge in [0.05, 0.1) is 6.20 Å². The van der Waals surface area contributed by atoms with Crippen molar-refractivity contribution in [3.63, 3.8) is 0 Å². The number of aromatic nitrogens is 2. The first-order chi connectivity index (χ1) is 8.02. The lowest BCUT2D eigenvalue weighted by Crippen LogP contribution is -1.99. The van der Waals surface area contributed by atoms with E-state index in [1.165, 1.54) is 6.92 Å². The third-order valence-electron chi connectivity index (χ3n) is 2.73. The zero-order valence-electron chi connectivity index (χ0n) is 9.61. The maximum atomic E-state index is 13.6. The van der Waals surface area contributed by atoms with Crippen LogP contribution in [0.15, 0.2) is 24.4 Å². The molecular formula is C12H13ClFN3. The van der Waals surface area contributed by atoms with Crippen LogP contribution in [0.25, 0.3) is 11.1 Å². The van der Waals surface area contributed by atoms with Gasteiger partial charge in [0.1, 0.15) is 12.0 Å². The quantitative estimate of drug-likeness (QED) is 0.892. The molecule has 0 bridgehead atoms. The van der Waals surface area contributed by atoms with Gasteiger partial charge in [-0.25, -0.2) is 4.39 Å². The Morgan fingerprint density at radius 1 is 1.41 bits per heavy atom. The van der Waals surface area contributed by atoms with Crippen molar-refractivity contribution >= 4 is 17.4 Å². The molecule has 0 aliphatic rings. The molecule has 2 rings (SSSR count). The first-order valence-corrected chi connectivity index (χ1v) is 5.60. The van der Waals surface area contributed by atoms with Gasteiger partial charge < -0.3 is 5.73 Å². The molecule has 90 valence electrons. The molecule has 0 spiro atoms. The van der Waals surface area contributed by atoms with Crippen LogP contribution in [0.1, 0.15) is 18.7 Å². The Bertz CT molecular complexity index is 549. The largest absolute Gasteiger partial charge is 0.383 e. The van der Waals surface area contributed by atoms with Crippen LogP contribution in [0.5, 0.6) is 0 Å². The molecule has 3 nitrogen and oxygen atoms in total. The highest BCUT2D eigenvalue weighted by molar-refractivity contribution is 6.31. The fourth-order valence-corrected chi connectivity index (χ4v) is 2.16. The van der Waals surface area contributed by atoms with Gasteiger partial charge in [0.2, 0.25) is 0 Å². The predicted molar refractivity (Wildman–Crippen MR) is 67.6 cm³/mol. The van der Waals surface area contributed by atoms with E-state index < -0.39 is 6.17 Å². The number of rotatable bonds is 2. The van der Waals surface area contributed by atoms with Gasteiger partial charge in [-0.05, 0) is 18.6 Å². The first-order valence-electron chi connectivity index (χ1n) is 5.22. The fourth-order valence-electron chi connectivity index (χ4n) is 1.83. The van der Waals surface area contributed by atoms with E-state index in [4.69, 9.17) is 17.3 Å². The molecule has 0 aliphatic heterocycles. The third kappa shape index (κ3) is 2.00. The van der Waals surface area contributed by atoms with Crippen molar-refractivity contribution in [2.75, 3.05) is 5.73 Å². The fraction of sp³-hybridized carbons (Fsp3) is 0.250. The molecule has 0 fully saturated rings. The summed E-state index contributed by atoms with van der Waals surface area (Å²) in [4.78, 5) is 0. The number of alkyl halides is 1. The van der Waals surface area contributed by atoms with Gasteiger partial charge >= 0.3 is 0 Å². The smallest absolute Gasteiger partial charge is 0.129 e. The van der Waals surface area contributed by atoms with Crippen LogP contribution in [-0.2, 0) is 7.05 Å². The van der Waals surface area contributed by atoms with Crippen LogP contribution in [0.4, 0.5) is 10.2 Å². The zero-order chi connectivity index (χ0) is 12.6. The summed E-state index contributed by atoms with van der Waals surface area (Å²) in [6, 6.07) is 5.24. The lowest BCUT2D eigenvalue weighted by Gasteiger charge is -2.12. The van der Waals surface area contributed by atoms with Crippen molar-refractivity contribution in [2.45, 2.75) is 13.1 Å². The molecule has 17 heavy (non-hydrogen) atoms. The SMILES string of the molecule is CC(F)c1c(Cl)cccc1-c1cnn(C)c1N. The maximum absolute atomic E-state index is 13.6. The van der Waals surface area contributed by atoms with Crippen LogP contribution < -0.4 is 5.73 Å². The lowest BCUT2D eigenvalue weighted by molar-refractivity contribution is 0.375. The highest BCUT2D eigenvalue weighted by Gasteiger charge is 2.18. The lowest BCUT2D eigenvalue weighted by atomic mass is 9.99. The Morgan fingerprint density at radius 3 is 2.65 bits per heavy atom. The van der Waals surface area contributed by atoms with Crippen LogP contribution in [0, 0.1) is 0 Å². The molecule has 2 aromatic rings. The molecule has 0 saturated heterocycles. The van der Waals surface area contributed by atoms with Gasteiger partial charge in [-0.15, -0.1) is 0 Å². The molecule has 1 aromatic carbocycles. The Labute approximate surface area is 104 Å². The van der Waals surface area contributed by atoms with Crippen molar-refractivity contribution in [2.24, 2.45) is 7.05 Å². The number of nitrogens with zero attached hydrogens (tertiary/aromatic N) is 2. The van der Waals surface area contributed by atoms with E-state index in [9.17, 15) is 4.39 Å². The van der Waals surface area contributed by atoms with Gasteiger partial charge in [0.25, 0.3) is 0 Å².